The fraction of sp³-hybridized carbons (Fsp3) is 0.692. The summed E-state index contributed by atoms with van der Waals surface area (Å²) >= 11 is 7.08. The highest BCUT2D eigenvalue weighted by Crippen LogP contribution is 2.17. The molecule has 1 rings (SSSR count). The van der Waals surface area contributed by atoms with Crippen LogP contribution < -0.4 is 5.32 Å². The van der Waals surface area contributed by atoms with E-state index in [0.29, 0.717) is 17.4 Å². The Morgan fingerprint density at radius 2 is 2.06 bits per heavy atom. The molecule has 1 N–H and O–H groups in total. The molecule has 0 aromatic carbocycles. The minimum Gasteiger partial charge on any atom is -0.302 e. The number of unbranched alkanes of at least 4 members (excludes halogenated alkanes) is 5. The number of hydrogen-bond acceptors (Lipinski definition) is 3. The summed E-state index contributed by atoms with van der Waals surface area (Å²) < 4.78 is 0. The first-order valence-corrected chi connectivity index (χ1v) is 7.98. The summed E-state index contributed by atoms with van der Waals surface area (Å²) in [6.45, 7) is 2.20. The number of nitrogens with one attached hydrogen (secondary N) is 1. The highest BCUT2D eigenvalue weighted by atomic mass is 35.5. The summed E-state index contributed by atoms with van der Waals surface area (Å²) in [5, 5.41) is 5.33. The highest BCUT2D eigenvalue weighted by molar-refractivity contribution is 7.13. The Balaban J connectivity index is 2.10. The van der Waals surface area contributed by atoms with Crippen molar-refractivity contribution in [3.05, 3.63) is 11.1 Å². The van der Waals surface area contributed by atoms with Crippen molar-refractivity contribution < 1.29 is 4.79 Å². The molecule has 1 heterocycles. The number of anilines is 1. The molecule has 102 valence electrons. The number of carbonyl (C=O) groups is 1. The van der Waals surface area contributed by atoms with Crippen molar-refractivity contribution >= 4 is 34.0 Å². The molecule has 0 unspecified atom stereocenters. The number of aromatic nitrogens is 1. The maximum absolute atomic E-state index is 11.6. The van der Waals surface area contributed by atoms with Crippen LogP contribution in [0.25, 0.3) is 0 Å². The zero-order chi connectivity index (χ0) is 13.2. The molecule has 18 heavy (non-hydrogen) atoms. The summed E-state index contributed by atoms with van der Waals surface area (Å²) in [6.07, 6.45) is 7.75. The number of hydrogen-bond donors (Lipinski definition) is 1. The van der Waals surface area contributed by atoms with Crippen molar-refractivity contribution in [2.45, 2.75) is 57.7 Å². The van der Waals surface area contributed by atoms with Crippen molar-refractivity contribution in [1.82, 2.24) is 4.98 Å². The molecule has 0 spiro atoms. The van der Waals surface area contributed by atoms with E-state index in [9.17, 15) is 4.79 Å². The first-order chi connectivity index (χ1) is 8.76. The normalized spacial score (nSPS) is 10.6. The molecule has 3 nitrogen and oxygen atoms in total. The van der Waals surface area contributed by atoms with Crippen LogP contribution in [0.15, 0.2) is 5.38 Å². The lowest BCUT2D eigenvalue weighted by molar-refractivity contribution is -0.116. The van der Waals surface area contributed by atoms with Gasteiger partial charge in [-0.25, -0.2) is 4.98 Å². The second-order valence-corrected chi connectivity index (χ2v) is 5.47. The topological polar surface area (TPSA) is 42.0 Å². The predicted octanol–water partition coefficient (Wildman–Crippen LogP) is 4.57. The van der Waals surface area contributed by atoms with Gasteiger partial charge in [0.25, 0.3) is 0 Å². The van der Waals surface area contributed by atoms with E-state index in [4.69, 9.17) is 11.6 Å². The molecule has 0 fully saturated rings. The van der Waals surface area contributed by atoms with Crippen LogP contribution in [0.1, 0.15) is 57.6 Å². The van der Waals surface area contributed by atoms with E-state index in [0.717, 1.165) is 18.5 Å². The first kappa shape index (κ1) is 15.4. The van der Waals surface area contributed by atoms with E-state index in [-0.39, 0.29) is 5.91 Å². The van der Waals surface area contributed by atoms with Gasteiger partial charge in [0.1, 0.15) is 0 Å². The van der Waals surface area contributed by atoms with E-state index in [1.165, 1.54) is 37.0 Å². The number of amides is 1. The summed E-state index contributed by atoms with van der Waals surface area (Å²) in [7, 11) is 0. The van der Waals surface area contributed by atoms with E-state index < -0.39 is 0 Å². The summed E-state index contributed by atoms with van der Waals surface area (Å²) in [5.74, 6) is 0.449. The molecule has 0 bridgehead atoms. The quantitative estimate of drug-likeness (QED) is 0.534. The predicted molar refractivity (Wildman–Crippen MR) is 78.3 cm³/mol. The molecule has 0 aliphatic heterocycles. The molecule has 0 saturated carbocycles. The van der Waals surface area contributed by atoms with Crippen LogP contribution in [0.4, 0.5) is 5.13 Å². The van der Waals surface area contributed by atoms with Gasteiger partial charge < -0.3 is 5.32 Å². The molecule has 1 aromatic rings. The number of thiazole rings is 1. The minimum absolute atomic E-state index is 0.0564. The lowest BCUT2D eigenvalue weighted by Gasteiger charge is -2.02. The SMILES string of the molecule is CCCCCCCCC(=O)Nc1nc(CCl)cs1. The van der Waals surface area contributed by atoms with Gasteiger partial charge in [0.05, 0.1) is 11.6 Å². The fourth-order valence-electron chi connectivity index (χ4n) is 1.67. The van der Waals surface area contributed by atoms with Gasteiger partial charge in [-0.3, -0.25) is 4.79 Å². The Morgan fingerprint density at radius 1 is 1.33 bits per heavy atom. The van der Waals surface area contributed by atoms with Crippen LogP contribution in [-0.2, 0) is 10.7 Å². The molecular formula is C13H21ClN2OS. The lowest BCUT2D eigenvalue weighted by Crippen LogP contribution is -2.10. The Bertz CT molecular complexity index is 355. The molecular weight excluding hydrogens is 268 g/mol. The zero-order valence-electron chi connectivity index (χ0n) is 10.9. The number of rotatable bonds is 9. The van der Waals surface area contributed by atoms with Crippen LogP contribution in [-0.4, -0.2) is 10.9 Å². The molecule has 5 heteroatoms. The van der Waals surface area contributed by atoms with Crippen LogP contribution in [0, 0.1) is 0 Å². The van der Waals surface area contributed by atoms with Gasteiger partial charge >= 0.3 is 0 Å². The third-order valence-corrected chi connectivity index (χ3v) is 3.77. The van der Waals surface area contributed by atoms with Gasteiger partial charge in [-0.15, -0.1) is 22.9 Å². The Hall–Kier alpha value is -0.610. The second-order valence-electron chi connectivity index (χ2n) is 4.34. The highest BCUT2D eigenvalue weighted by Gasteiger charge is 2.05. The van der Waals surface area contributed by atoms with E-state index in [1.807, 2.05) is 5.38 Å². The van der Waals surface area contributed by atoms with Crippen molar-refractivity contribution in [1.29, 1.82) is 0 Å². The average molecular weight is 289 g/mol. The molecule has 0 atom stereocenters. The number of alkyl halides is 1. The van der Waals surface area contributed by atoms with Crippen LogP contribution in [0.5, 0.6) is 0 Å². The van der Waals surface area contributed by atoms with Crippen LogP contribution in [0.3, 0.4) is 0 Å². The van der Waals surface area contributed by atoms with Crippen molar-refractivity contribution in [2.75, 3.05) is 5.32 Å². The van der Waals surface area contributed by atoms with Gasteiger partial charge in [0, 0.05) is 11.8 Å². The molecule has 1 amide bonds. The monoisotopic (exact) mass is 288 g/mol. The van der Waals surface area contributed by atoms with Crippen LogP contribution >= 0.6 is 22.9 Å². The van der Waals surface area contributed by atoms with Gasteiger partial charge in [-0.05, 0) is 6.42 Å². The Labute approximate surface area is 118 Å². The fourth-order valence-corrected chi connectivity index (χ4v) is 2.63. The van der Waals surface area contributed by atoms with Crippen molar-refractivity contribution in [3.8, 4) is 0 Å². The lowest BCUT2D eigenvalue weighted by atomic mass is 10.1. The van der Waals surface area contributed by atoms with Crippen LogP contribution in [0.2, 0.25) is 0 Å². The van der Waals surface area contributed by atoms with E-state index in [1.54, 1.807) is 0 Å². The van der Waals surface area contributed by atoms with E-state index >= 15 is 0 Å². The number of nitrogens with zero attached hydrogens (tertiary/aromatic N) is 1. The van der Waals surface area contributed by atoms with Crippen molar-refractivity contribution in [2.24, 2.45) is 0 Å². The van der Waals surface area contributed by atoms with Gasteiger partial charge in [-0.1, -0.05) is 39.0 Å². The zero-order valence-corrected chi connectivity index (χ0v) is 12.4. The molecule has 0 aliphatic carbocycles. The third kappa shape index (κ3) is 6.36. The molecule has 0 aliphatic rings. The van der Waals surface area contributed by atoms with Gasteiger partial charge in [0.15, 0.2) is 5.13 Å². The Morgan fingerprint density at radius 3 is 2.72 bits per heavy atom. The first-order valence-electron chi connectivity index (χ1n) is 6.56. The summed E-state index contributed by atoms with van der Waals surface area (Å²) in [6, 6.07) is 0. The largest absolute Gasteiger partial charge is 0.302 e. The number of halogens is 1. The maximum Gasteiger partial charge on any atom is 0.226 e. The van der Waals surface area contributed by atoms with Gasteiger partial charge in [0.2, 0.25) is 5.91 Å². The Kier molecular flexibility index (Phi) is 8.01. The number of carbonyl (C=O) groups excluding carboxylic acids is 1. The third-order valence-electron chi connectivity index (χ3n) is 2.69. The summed E-state index contributed by atoms with van der Waals surface area (Å²) in [4.78, 5) is 15.8. The van der Waals surface area contributed by atoms with Gasteiger partial charge in [-0.2, -0.15) is 0 Å². The molecule has 0 radical (unpaired) electrons. The molecule has 0 saturated heterocycles. The van der Waals surface area contributed by atoms with Crippen molar-refractivity contribution in [3.63, 3.8) is 0 Å². The standard InChI is InChI=1S/C13H21ClN2OS/c1-2-3-4-5-6-7-8-12(17)16-13-15-11(9-14)10-18-13/h10H,2-9H2,1H3,(H,15,16,17). The smallest absolute Gasteiger partial charge is 0.226 e. The summed E-state index contributed by atoms with van der Waals surface area (Å²) in [5.41, 5.74) is 0.816. The minimum atomic E-state index is 0.0564. The maximum atomic E-state index is 11.6. The average Bonchev–Trinajstić information content (AvgIpc) is 2.81. The van der Waals surface area contributed by atoms with E-state index in [2.05, 4.69) is 17.2 Å². The molecule has 1 aromatic heterocycles. The second kappa shape index (κ2) is 9.34.